The monoisotopic (exact) mass is 396 g/mol. The van der Waals surface area contributed by atoms with E-state index in [4.69, 9.17) is 9.72 Å². The third-order valence-corrected chi connectivity index (χ3v) is 6.29. The van der Waals surface area contributed by atoms with E-state index in [1.165, 1.54) is 0 Å². The average Bonchev–Trinajstić information content (AvgIpc) is 3.12. The summed E-state index contributed by atoms with van der Waals surface area (Å²) in [6, 6.07) is 16.2. The Kier molecular flexibility index (Phi) is 5.59. The minimum atomic E-state index is -0.712. The molecule has 2 heterocycles. The van der Waals surface area contributed by atoms with Crippen molar-refractivity contribution < 1.29 is 14.6 Å². The van der Waals surface area contributed by atoms with E-state index in [-0.39, 0.29) is 12.0 Å². The first kappa shape index (κ1) is 18.9. The highest BCUT2D eigenvalue weighted by molar-refractivity contribution is 7.18. The van der Waals surface area contributed by atoms with E-state index in [0.29, 0.717) is 13.2 Å². The zero-order valence-corrected chi connectivity index (χ0v) is 16.7. The van der Waals surface area contributed by atoms with Gasteiger partial charge in [-0.15, -0.1) is 11.3 Å². The van der Waals surface area contributed by atoms with Crippen LogP contribution in [-0.2, 0) is 4.79 Å². The zero-order valence-electron chi connectivity index (χ0n) is 15.9. The Morgan fingerprint density at radius 3 is 2.96 bits per heavy atom. The summed E-state index contributed by atoms with van der Waals surface area (Å²) in [5.41, 5.74) is 2.08. The molecule has 6 heteroatoms. The van der Waals surface area contributed by atoms with Crippen molar-refractivity contribution >= 4 is 27.5 Å². The van der Waals surface area contributed by atoms with Crippen molar-refractivity contribution in [3.05, 3.63) is 59.1 Å². The number of hydrogen-bond acceptors (Lipinski definition) is 5. The lowest BCUT2D eigenvalue weighted by Gasteiger charge is -2.36. The molecule has 0 radical (unpaired) electrons. The van der Waals surface area contributed by atoms with Crippen LogP contribution in [0.3, 0.4) is 0 Å². The first-order chi connectivity index (χ1) is 13.7. The van der Waals surface area contributed by atoms with Crippen LogP contribution < -0.4 is 4.74 Å². The van der Waals surface area contributed by atoms with E-state index in [1.54, 1.807) is 11.3 Å². The van der Waals surface area contributed by atoms with Crippen molar-refractivity contribution in [3.63, 3.8) is 0 Å². The highest BCUT2D eigenvalue weighted by atomic mass is 32.1. The number of para-hydroxylation sites is 1. The molecular formula is C22H24N2O3S. The van der Waals surface area contributed by atoms with E-state index in [2.05, 4.69) is 23.1 Å². The molecule has 146 valence electrons. The predicted octanol–water partition coefficient (Wildman–Crippen LogP) is 4.58. The fraction of sp³-hybridized carbons (Fsp3) is 0.364. The van der Waals surface area contributed by atoms with Gasteiger partial charge in [0.1, 0.15) is 10.8 Å². The van der Waals surface area contributed by atoms with E-state index in [9.17, 15) is 9.90 Å². The van der Waals surface area contributed by atoms with E-state index in [0.717, 1.165) is 45.9 Å². The minimum absolute atomic E-state index is 0.0695. The molecule has 5 nitrogen and oxygen atoms in total. The number of rotatable bonds is 6. The Balaban J connectivity index is 1.76. The number of ether oxygens (including phenoxy) is 1. The molecule has 0 amide bonds. The van der Waals surface area contributed by atoms with Crippen LogP contribution in [0.1, 0.15) is 36.4 Å². The second-order valence-corrected chi connectivity index (χ2v) is 8.16. The number of carboxylic acids is 1. The Labute approximate surface area is 168 Å². The van der Waals surface area contributed by atoms with Crippen LogP contribution in [0.25, 0.3) is 10.2 Å². The number of benzene rings is 2. The molecule has 1 aromatic heterocycles. The topological polar surface area (TPSA) is 62.7 Å². The summed E-state index contributed by atoms with van der Waals surface area (Å²) in [4.78, 5) is 18.8. The van der Waals surface area contributed by atoms with Gasteiger partial charge in [-0.3, -0.25) is 9.69 Å². The largest absolute Gasteiger partial charge is 0.494 e. The zero-order chi connectivity index (χ0) is 19.5. The number of aliphatic carboxylic acids is 1. The third-order valence-electron chi connectivity index (χ3n) is 5.20. The maximum Gasteiger partial charge on any atom is 0.307 e. The summed E-state index contributed by atoms with van der Waals surface area (Å²) in [7, 11) is 0. The van der Waals surface area contributed by atoms with Gasteiger partial charge in [0.2, 0.25) is 0 Å². The minimum Gasteiger partial charge on any atom is -0.494 e. The second kappa shape index (κ2) is 8.29. The summed E-state index contributed by atoms with van der Waals surface area (Å²) >= 11 is 1.68. The molecule has 0 bridgehead atoms. The van der Waals surface area contributed by atoms with Gasteiger partial charge in [-0.05, 0) is 56.1 Å². The fourth-order valence-corrected chi connectivity index (χ4v) is 5.03. The van der Waals surface area contributed by atoms with Gasteiger partial charge in [0.25, 0.3) is 0 Å². The summed E-state index contributed by atoms with van der Waals surface area (Å²) in [6.07, 6.45) is 1.61. The van der Waals surface area contributed by atoms with Crippen LogP contribution in [0.15, 0.2) is 48.5 Å². The van der Waals surface area contributed by atoms with Crippen molar-refractivity contribution in [2.24, 2.45) is 5.92 Å². The molecule has 3 aromatic rings. The second-order valence-electron chi connectivity index (χ2n) is 7.10. The summed E-state index contributed by atoms with van der Waals surface area (Å²) in [6.45, 7) is 3.98. The lowest BCUT2D eigenvalue weighted by molar-refractivity contribution is -0.143. The van der Waals surface area contributed by atoms with Crippen LogP contribution in [-0.4, -0.2) is 40.7 Å². The standard InChI is InChI=1S/C22H24N2O3S/c1-2-27-17-9-5-7-15(13-17)20(24-12-6-8-16(14-24)22(25)26)21-23-18-10-3-4-11-19(18)28-21/h3-5,7,9-11,13,16,20H,2,6,8,12,14H2,1H3,(H,25,26). The molecule has 0 spiro atoms. The van der Waals surface area contributed by atoms with Gasteiger partial charge in [-0.2, -0.15) is 0 Å². The van der Waals surface area contributed by atoms with Crippen molar-refractivity contribution in [1.82, 2.24) is 9.88 Å². The molecule has 28 heavy (non-hydrogen) atoms. The number of likely N-dealkylation sites (tertiary alicyclic amines) is 1. The molecule has 0 aliphatic carbocycles. The summed E-state index contributed by atoms with van der Waals surface area (Å²) in [5, 5.41) is 10.5. The predicted molar refractivity (Wildman–Crippen MR) is 111 cm³/mol. The summed E-state index contributed by atoms with van der Waals surface area (Å²) in [5.74, 6) is -0.213. The average molecular weight is 397 g/mol. The maximum atomic E-state index is 11.6. The Hall–Kier alpha value is -2.44. The molecule has 2 atom stereocenters. The SMILES string of the molecule is CCOc1cccc(C(c2nc3ccccc3s2)N2CCCC(C(=O)O)C2)c1. The van der Waals surface area contributed by atoms with E-state index >= 15 is 0 Å². The molecule has 1 N–H and O–H groups in total. The summed E-state index contributed by atoms with van der Waals surface area (Å²) < 4.78 is 6.86. The smallest absolute Gasteiger partial charge is 0.307 e. The fourth-order valence-electron chi connectivity index (χ4n) is 3.90. The van der Waals surface area contributed by atoms with Crippen LogP contribution in [0.2, 0.25) is 0 Å². The van der Waals surface area contributed by atoms with Crippen LogP contribution in [0, 0.1) is 5.92 Å². The number of thiazole rings is 1. The third kappa shape index (κ3) is 3.88. The number of piperidine rings is 1. The number of hydrogen-bond donors (Lipinski definition) is 1. The van der Waals surface area contributed by atoms with Gasteiger partial charge >= 0.3 is 5.97 Å². The quantitative estimate of drug-likeness (QED) is 0.661. The van der Waals surface area contributed by atoms with Gasteiger partial charge in [-0.1, -0.05) is 24.3 Å². The van der Waals surface area contributed by atoms with Crippen molar-refractivity contribution in [2.45, 2.75) is 25.8 Å². The highest BCUT2D eigenvalue weighted by Gasteiger charge is 2.33. The number of nitrogens with zero attached hydrogens (tertiary/aromatic N) is 2. The molecule has 1 saturated heterocycles. The van der Waals surface area contributed by atoms with Gasteiger partial charge in [0.15, 0.2) is 0 Å². The number of carbonyl (C=O) groups is 1. The van der Waals surface area contributed by atoms with Crippen molar-refractivity contribution in [3.8, 4) is 5.75 Å². The van der Waals surface area contributed by atoms with Crippen LogP contribution in [0.5, 0.6) is 5.75 Å². The molecule has 0 saturated carbocycles. The molecule has 2 unspecified atom stereocenters. The van der Waals surface area contributed by atoms with E-state index < -0.39 is 5.97 Å². The number of fused-ring (bicyclic) bond motifs is 1. The molecule has 4 rings (SSSR count). The van der Waals surface area contributed by atoms with Crippen LogP contribution >= 0.6 is 11.3 Å². The molecule has 1 aliphatic heterocycles. The lowest BCUT2D eigenvalue weighted by atomic mass is 9.95. The molecule has 1 fully saturated rings. The highest BCUT2D eigenvalue weighted by Crippen LogP contribution is 2.37. The van der Waals surface area contributed by atoms with Crippen molar-refractivity contribution in [2.75, 3.05) is 19.7 Å². The van der Waals surface area contributed by atoms with Gasteiger partial charge in [0.05, 0.1) is 28.8 Å². The number of aromatic nitrogens is 1. The van der Waals surface area contributed by atoms with Gasteiger partial charge in [0, 0.05) is 6.54 Å². The Morgan fingerprint density at radius 2 is 2.18 bits per heavy atom. The Bertz CT molecular complexity index is 938. The van der Waals surface area contributed by atoms with Crippen LogP contribution in [0.4, 0.5) is 0 Å². The maximum absolute atomic E-state index is 11.6. The van der Waals surface area contributed by atoms with Crippen molar-refractivity contribution in [1.29, 1.82) is 0 Å². The van der Waals surface area contributed by atoms with Gasteiger partial charge < -0.3 is 9.84 Å². The molecule has 2 aromatic carbocycles. The number of carboxylic acid groups (broad SMARTS) is 1. The van der Waals surface area contributed by atoms with E-state index in [1.807, 2.05) is 37.3 Å². The Morgan fingerprint density at radius 1 is 1.32 bits per heavy atom. The molecule has 1 aliphatic rings. The normalized spacial score (nSPS) is 18.8. The molecular weight excluding hydrogens is 372 g/mol. The lowest BCUT2D eigenvalue weighted by Crippen LogP contribution is -2.41. The first-order valence-electron chi connectivity index (χ1n) is 9.70. The first-order valence-corrected chi connectivity index (χ1v) is 10.5. The van der Waals surface area contributed by atoms with Gasteiger partial charge in [-0.25, -0.2) is 4.98 Å².